The summed E-state index contributed by atoms with van der Waals surface area (Å²) in [5, 5.41) is 0.637. The minimum absolute atomic E-state index is 0.110. The molecule has 1 heterocycles. The summed E-state index contributed by atoms with van der Waals surface area (Å²) >= 11 is 6.27. The number of aromatic nitrogens is 1. The fourth-order valence-corrected chi connectivity index (χ4v) is 2.48. The van der Waals surface area contributed by atoms with Crippen molar-refractivity contribution in [2.24, 2.45) is 5.73 Å². The molecule has 0 saturated heterocycles. The normalized spacial score (nSPS) is 12.4. The van der Waals surface area contributed by atoms with Crippen molar-refractivity contribution in [3.8, 4) is 5.75 Å². The first-order valence-electron chi connectivity index (χ1n) is 7.16. The molecule has 1 unspecified atom stereocenters. The lowest BCUT2D eigenvalue weighted by Crippen LogP contribution is -2.16. The minimum Gasteiger partial charge on any atom is -0.489 e. The van der Waals surface area contributed by atoms with Gasteiger partial charge in [-0.3, -0.25) is 4.98 Å². The maximum Gasteiger partial charge on any atom is 0.138 e. The lowest BCUT2D eigenvalue weighted by molar-refractivity contribution is 0.242. The molecular weight excluding hydrogens is 284 g/mol. The second kappa shape index (κ2) is 7.43. The summed E-state index contributed by atoms with van der Waals surface area (Å²) in [6.45, 7) is 4.52. The van der Waals surface area contributed by atoms with E-state index in [4.69, 9.17) is 22.1 Å². The second-order valence-electron chi connectivity index (χ2n) is 5.32. The number of hydrogen-bond donors (Lipinski definition) is 1. The fraction of sp³-hybridized carbons (Fsp3) is 0.353. The molecular formula is C17H21ClN2O. The fourth-order valence-electron chi connectivity index (χ4n) is 2.23. The number of halogens is 1. The highest BCUT2D eigenvalue weighted by Gasteiger charge is 2.13. The van der Waals surface area contributed by atoms with Crippen LogP contribution in [-0.2, 0) is 6.42 Å². The molecule has 2 aromatic rings. The van der Waals surface area contributed by atoms with E-state index in [0.29, 0.717) is 11.6 Å². The highest BCUT2D eigenvalue weighted by atomic mass is 35.5. The first-order valence-corrected chi connectivity index (χ1v) is 7.54. The molecule has 4 heteroatoms. The molecule has 0 amide bonds. The average molecular weight is 305 g/mol. The SMILES string of the molecule is CC(C)Oc1ccc(CC(CN)c2ccccn2)cc1Cl. The molecule has 0 aliphatic heterocycles. The zero-order chi connectivity index (χ0) is 15.2. The number of rotatable bonds is 6. The zero-order valence-corrected chi connectivity index (χ0v) is 13.2. The van der Waals surface area contributed by atoms with Gasteiger partial charge < -0.3 is 10.5 Å². The van der Waals surface area contributed by atoms with Crippen molar-refractivity contribution in [3.63, 3.8) is 0 Å². The summed E-state index contributed by atoms with van der Waals surface area (Å²) in [4.78, 5) is 4.39. The van der Waals surface area contributed by atoms with Crippen molar-refractivity contribution >= 4 is 11.6 Å². The molecule has 0 radical (unpaired) electrons. The van der Waals surface area contributed by atoms with Gasteiger partial charge in [0.2, 0.25) is 0 Å². The van der Waals surface area contributed by atoms with Crippen molar-refractivity contribution < 1.29 is 4.74 Å². The monoisotopic (exact) mass is 304 g/mol. The third kappa shape index (κ3) is 4.45. The molecule has 0 aliphatic rings. The molecule has 1 atom stereocenters. The van der Waals surface area contributed by atoms with E-state index in [9.17, 15) is 0 Å². The average Bonchev–Trinajstić information content (AvgIpc) is 2.48. The van der Waals surface area contributed by atoms with Crippen LogP contribution in [-0.4, -0.2) is 17.6 Å². The van der Waals surface area contributed by atoms with Gasteiger partial charge in [0.1, 0.15) is 5.75 Å². The van der Waals surface area contributed by atoms with Gasteiger partial charge in [0.25, 0.3) is 0 Å². The lowest BCUT2D eigenvalue weighted by atomic mass is 9.96. The topological polar surface area (TPSA) is 48.1 Å². The Labute approximate surface area is 131 Å². The molecule has 3 nitrogen and oxygen atoms in total. The number of nitrogens with zero attached hydrogens (tertiary/aromatic N) is 1. The van der Waals surface area contributed by atoms with Gasteiger partial charge in [-0.1, -0.05) is 23.7 Å². The Hall–Kier alpha value is -1.58. The number of pyridine rings is 1. The molecule has 0 bridgehead atoms. The van der Waals surface area contributed by atoms with Crippen LogP contribution in [0.3, 0.4) is 0 Å². The van der Waals surface area contributed by atoms with E-state index in [2.05, 4.69) is 4.98 Å². The van der Waals surface area contributed by atoms with Gasteiger partial charge in [-0.25, -0.2) is 0 Å². The van der Waals surface area contributed by atoms with Crippen molar-refractivity contribution in [2.75, 3.05) is 6.54 Å². The van der Waals surface area contributed by atoms with Gasteiger partial charge >= 0.3 is 0 Å². The summed E-state index contributed by atoms with van der Waals surface area (Å²) in [5.74, 6) is 0.914. The Morgan fingerprint density at radius 2 is 2.05 bits per heavy atom. The van der Waals surface area contributed by atoms with E-state index in [1.807, 2.05) is 50.2 Å². The van der Waals surface area contributed by atoms with E-state index >= 15 is 0 Å². The highest BCUT2D eigenvalue weighted by Crippen LogP contribution is 2.28. The third-order valence-electron chi connectivity index (χ3n) is 3.23. The maximum atomic E-state index is 6.27. The van der Waals surface area contributed by atoms with Crippen molar-refractivity contribution in [2.45, 2.75) is 32.3 Å². The van der Waals surface area contributed by atoms with Crippen LogP contribution in [0.2, 0.25) is 5.02 Å². The lowest BCUT2D eigenvalue weighted by Gasteiger charge is -2.16. The first-order chi connectivity index (χ1) is 10.1. The van der Waals surface area contributed by atoms with Crippen LogP contribution in [0.5, 0.6) is 5.75 Å². The number of ether oxygens (including phenoxy) is 1. The van der Waals surface area contributed by atoms with Crippen molar-refractivity contribution in [1.29, 1.82) is 0 Å². The second-order valence-corrected chi connectivity index (χ2v) is 5.73. The van der Waals surface area contributed by atoms with Crippen molar-refractivity contribution in [1.82, 2.24) is 4.98 Å². The first kappa shape index (κ1) is 15.8. The minimum atomic E-state index is 0.110. The Kier molecular flexibility index (Phi) is 5.59. The molecule has 0 aliphatic carbocycles. The standard InChI is InChI=1S/C17H21ClN2O/c1-12(2)21-17-7-6-13(10-15(17)18)9-14(11-19)16-5-3-4-8-20-16/h3-8,10,12,14H,9,11,19H2,1-2H3. The summed E-state index contributed by atoms with van der Waals surface area (Å²) in [7, 11) is 0. The van der Waals surface area contributed by atoms with E-state index in [1.165, 1.54) is 0 Å². The summed E-state index contributed by atoms with van der Waals surface area (Å²) in [6, 6.07) is 11.8. The van der Waals surface area contributed by atoms with Crippen LogP contribution < -0.4 is 10.5 Å². The van der Waals surface area contributed by atoms with E-state index in [-0.39, 0.29) is 12.0 Å². The molecule has 2 N–H and O–H groups in total. The number of nitrogens with two attached hydrogens (primary N) is 1. The van der Waals surface area contributed by atoms with E-state index < -0.39 is 0 Å². The summed E-state index contributed by atoms with van der Waals surface area (Å²) in [6.07, 6.45) is 2.72. The largest absolute Gasteiger partial charge is 0.489 e. The highest BCUT2D eigenvalue weighted by molar-refractivity contribution is 6.32. The number of benzene rings is 1. The molecule has 1 aromatic heterocycles. The van der Waals surface area contributed by atoms with Crippen LogP contribution in [0.1, 0.15) is 31.0 Å². The molecule has 0 fully saturated rings. The Morgan fingerprint density at radius 1 is 1.24 bits per heavy atom. The Bertz CT molecular complexity index is 572. The molecule has 0 spiro atoms. The van der Waals surface area contributed by atoms with Crippen LogP contribution in [0, 0.1) is 0 Å². The maximum absolute atomic E-state index is 6.27. The van der Waals surface area contributed by atoms with Gasteiger partial charge in [0, 0.05) is 24.4 Å². The zero-order valence-electron chi connectivity index (χ0n) is 12.4. The predicted octanol–water partition coefficient (Wildman–Crippen LogP) is 3.81. The smallest absolute Gasteiger partial charge is 0.138 e. The van der Waals surface area contributed by atoms with Crippen LogP contribution >= 0.6 is 11.6 Å². The molecule has 112 valence electrons. The predicted molar refractivity (Wildman–Crippen MR) is 87.0 cm³/mol. The van der Waals surface area contributed by atoms with Gasteiger partial charge in [0.15, 0.2) is 0 Å². The quantitative estimate of drug-likeness (QED) is 0.883. The molecule has 21 heavy (non-hydrogen) atoms. The van der Waals surface area contributed by atoms with E-state index in [0.717, 1.165) is 23.4 Å². The van der Waals surface area contributed by atoms with Crippen molar-refractivity contribution in [3.05, 3.63) is 58.9 Å². The Morgan fingerprint density at radius 3 is 2.62 bits per heavy atom. The molecule has 2 rings (SSSR count). The molecule has 0 saturated carbocycles. The van der Waals surface area contributed by atoms with Crippen LogP contribution in [0.15, 0.2) is 42.6 Å². The van der Waals surface area contributed by atoms with Crippen LogP contribution in [0.4, 0.5) is 0 Å². The van der Waals surface area contributed by atoms with Gasteiger partial charge in [-0.2, -0.15) is 0 Å². The third-order valence-corrected chi connectivity index (χ3v) is 3.53. The van der Waals surface area contributed by atoms with Gasteiger partial charge in [-0.15, -0.1) is 0 Å². The summed E-state index contributed by atoms with van der Waals surface area (Å²) < 4.78 is 5.65. The summed E-state index contributed by atoms with van der Waals surface area (Å²) in [5.41, 5.74) is 8.04. The van der Waals surface area contributed by atoms with E-state index in [1.54, 1.807) is 6.20 Å². The molecule has 1 aromatic carbocycles. The number of hydrogen-bond acceptors (Lipinski definition) is 3. The van der Waals surface area contributed by atoms with Gasteiger partial charge in [0.05, 0.1) is 11.1 Å². The van der Waals surface area contributed by atoms with Crippen LogP contribution in [0.25, 0.3) is 0 Å². The van der Waals surface area contributed by atoms with Gasteiger partial charge in [-0.05, 0) is 50.1 Å². The Balaban J connectivity index is 2.13.